The van der Waals surface area contributed by atoms with Crippen molar-refractivity contribution in [2.45, 2.75) is 30.7 Å². The van der Waals surface area contributed by atoms with Crippen molar-refractivity contribution in [1.29, 1.82) is 0 Å². The highest BCUT2D eigenvalue weighted by Crippen LogP contribution is 2.20. The zero-order valence-electron chi connectivity index (χ0n) is 17.0. The van der Waals surface area contributed by atoms with Crippen LogP contribution in [0.2, 0.25) is 0 Å². The largest absolute Gasteiger partial charge is 0.497 e. The molecule has 0 aliphatic carbocycles. The van der Waals surface area contributed by atoms with E-state index in [2.05, 4.69) is 10.0 Å². The second kappa shape index (κ2) is 10.9. The Morgan fingerprint density at radius 3 is 2.24 bits per heavy atom. The molecule has 0 fully saturated rings. The molecule has 1 atom stereocenters. The number of rotatable bonds is 11. The molecule has 0 heterocycles. The predicted molar refractivity (Wildman–Crippen MR) is 111 cm³/mol. The number of hydrogen-bond donors (Lipinski definition) is 2. The molecule has 0 unspecified atom stereocenters. The van der Waals surface area contributed by atoms with Crippen LogP contribution in [-0.2, 0) is 19.6 Å². The van der Waals surface area contributed by atoms with Crippen molar-refractivity contribution < 1.29 is 22.7 Å². The van der Waals surface area contributed by atoms with E-state index in [0.29, 0.717) is 13.0 Å². The first-order valence-electron chi connectivity index (χ1n) is 9.36. The van der Waals surface area contributed by atoms with Gasteiger partial charge in [-0.2, -0.15) is 0 Å². The van der Waals surface area contributed by atoms with Crippen LogP contribution in [0.4, 0.5) is 0 Å². The normalized spacial score (nSPS) is 12.4. The van der Waals surface area contributed by atoms with Crippen LogP contribution in [0.1, 0.15) is 30.0 Å². The molecule has 7 nitrogen and oxygen atoms in total. The fourth-order valence-corrected chi connectivity index (χ4v) is 3.84. The zero-order valence-corrected chi connectivity index (χ0v) is 17.8. The SMILES string of the molecule is COC(=O)C[C@H](NCCCNS(=O)(=O)c1ccc(C)cc1)c1ccc(OC)cc1. The summed E-state index contributed by atoms with van der Waals surface area (Å²) < 4.78 is 37.1. The molecule has 0 radical (unpaired) electrons. The monoisotopic (exact) mass is 420 g/mol. The predicted octanol–water partition coefficient (Wildman–Crippen LogP) is 2.57. The Morgan fingerprint density at radius 2 is 1.66 bits per heavy atom. The third kappa shape index (κ3) is 7.16. The number of benzene rings is 2. The molecule has 0 amide bonds. The number of carbonyl (C=O) groups is 1. The lowest BCUT2D eigenvalue weighted by Crippen LogP contribution is -2.30. The Hall–Kier alpha value is -2.42. The lowest BCUT2D eigenvalue weighted by molar-refractivity contribution is -0.141. The standard InChI is InChI=1S/C21H28N2O5S/c1-16-5-11-19(12-6-16)29(25,26)23-14-4-13-22-20(15-21(24)28-3)17-7-9-18(27-2)10-8-17/h5-12,20,22-23H,4,13-15H2,1-3H3/t20-/m0/s1. The summed E-state index contributed by atoms with van der Waals surface area (Å²) in [4.78, 5) is 12.0. The number of aryl methyl sites for hydroxylation is 1. The van der Waals surface area contributed by atoms with E-state index in [1.54, 1.807) is 31.4 Å². The summed E-state index contributed by atoms with van der Waals surface area (Å²) >= 11 is 0. The summed E-state index contributed by atoms with van der Waals surface area (Å²) in [5.41, 5.74) is 1.93. The van der Waals surface area contributed by atoms with E-state index in [1.807, 2.05) is 31.2 Å². The molecule has 29 heavy (non-hydrogen) atoms. The Bertz CT molecular complexity index is 880. The van der Waals surface area contributed by atoms with Crippen molar-refractivity contribution in [2.75, 3.05) is 27.3 Å². The van der Waals surface area contributed by atoms with Crippen LogP contribution in [-0.4, -0.2) is 41.7 Å². The van der Waals surface area contributed by atoms with Crippen LogP contribution in [0, 0.1) is 6.92 Å². The Balaban J connectivity index is 1.88. The molecule has 0 saturated carbocycles. The fourth-order valence-electron chi connectivity index (χ4n) is 2.77. The van der Waals surface area contributed by atoms with Crippen LogP contribution in [0.3, 0.4) is 0 Å². The van der Waals surface area contributed by atoms with Gasteiger partial charge in [-0.05, 0) is 49.7 Å². The van der Waals surface area contributed by atoms with E-state index in [1.165, 1.54) is 7.11 Å². The van der Waals surface area contributed by atoms with Crippen LogP contribution in [0.25, 0.3) is 0 Å². The number of hydrogen-bond acceptors (Lipinski definition) is 6. The molecule has 158 valence electrons. The van der Waals surface area contributed by atoms with Gasteiger partial charge in [-0.1, -0.05) is 29.8 Å². The molecule has 0 saturated heterocycles. The molecule has 8 heteroatoms. The summed E-state index contributed by atoms with van der Waals surface area (Å²) in [6.07, 6.45) is 0.747. The highest BCUT2D eigenvalue weighted by Gasteiger charge is 2.17. The van der Waals surface area contributed by atoms with Gasteiger partial charge in [0.15, 0.2) is 0 Å². The Labute approximate surface area is 172 Å². The number of carbonyl (C=O) groups excluding carboxylic acids is 1. The summed E-state index contributed by atoms with van der Waals surface area (Å²) in [7, 11) is -0.578. The average Bonchev–Trinajstić information content (AvgIpc) is 2.72. The summed E-state index contributed by atoms with van der Waals surface area (Å²) in [6.45, 7) is 2.73. The van der Waals surface area contributed by atoms with E-state index in [9.17, 15) is 13.2 Å². The van der Waals surface area contributed by atoms with Crippen molar-refractivity contribution >= 4 is 16.0 Å². The van der Waals surface area contributed by atoms with Crippen LogP contribution in [0.5, 0.6) is 5.75 Å². The van der Waals surface area contributed by atoms with Gasteiger partial charge in [0, 0.05) is 12.6 Å². The van der Waals surface area contributed by atoms with E-state index in [-0.39, 0.29) is 29.9 Å². The molecular weight excluding hydrogens is 392 g/mol. The van der Waals surface area contributed by atoms with Crippen LogP contribution >= 0.6 is 0 Å². The molecule has 2 aromatic carbocycles. The third-order valence-electron chi connectivity index (χ3n) is 4.48. The first-order chi connectivity index (χ1) is 13.9. The maximum Gasteiger partial charge on any atom is 0.307 e. The van der Waals surface area contributed by atoms with Gasteiger partial charge in [0.05, 0.1) is 25.5 Å². The smallest absolute Gasteiger partial charge is 0.307 e. The lowest BCUT2D eigenvalue weighted by atomic mass is 10.0. The van der Waals surface area contributed by atoms with Crippen molar-refractivity contribution in [3.63, 3.8) is 0 Å². The van der Waals surface area contributed by atoms with Crippen LogP contribution < -0.4 is 14.8 Å². The molecule has 2 N–H and O–H groups in total. The molecule has 0 spiro atoms. The van der Waals surface area contributed by atoms with Gasteiger partial charge in [0.25, 0.3) is 0 Å². The second-order valence-corrected chi connectivity index (χ2v) is 8.39. The van der Waals surface area contributed by atoms with Crippen molar-refractivity contribution in [3.05, 3.63) is 59.7 Å². The second-order valence-electron chi connectivity index (χ2n) is 6.62. The molecule has 0 bridgehead atoms. The number of methoxy groups -OCH3 is 2. The number of ether oxygens (including phenoxy) is 2. The first-order valence-corrected chi connectivity index (χ1v) is 10.8. The van der Waals surface area contributed by atoms with Gasteiger partial charge < -0.3 is 14.8 Å². The average molecular weight is 421 g/mol. The molecular formula is C21H28N2O5S. The molecule has 0 aliphatic heterocycles. The van der Waals surface area contributed by atoms with Crippen molar-refractivity contribution in [2.24, 2.45) is 0 Å². The number of nitrogens with one attached hydrogen (secondary N) is 2. The molecule has 2 rings (SSSR count). The topological polar surface area (TPSA) is 93.7 Å². The number of sulfonamides is 1. The van der Waals surface area contributed by atoms with Gasteiger partial charge in [-0.3, -0.25) is 4.79 Å². The first kappa shape index (κ1) is 22.9. The highest BCUT2D eigenvalue weighted by atomic mass is 32.2. The Morgan fingerprint density at radius 1 is 1.00 bits per heavy atom. The summed E-state index contributed by atoms with van der Waals surface area (Å²) in [6, 6.07) is 13.9. The third-order valence-corrected chi connectivity index (χ3v) is 5.96. The summed E-state index contributed by atoms with van der Waals surface area (Å²) in [5.74, 6) is 0.412. The molecule has 0 aromatic heterocycles. The molecule has 0 aliphatic rings. The van der Waals surface area contributed by atoms with Gasteiger partial charge in [0.2, 0.25) is 10.0 Å². The van der Waals surface area contributed by atoms with Gasteiger partial charge in [-0.15, -0.1) is 0 Å². The van der Waals surface area contributed by atoms with Crippen LogP contribution in [0.15, 0.2) is 53.4 Å². The minimum absolute atomic E-state index is 0.178. The Kier molecular flexibility index (Phi) is 8.63. The van der Waals surface area contributed by atoms with Gasteiger partial charge >= 0.3 is 5.97 Å². The van der Waals surface area contributed by atoms with E-state index >= 15 is 0 Å². The molecule has 2 aromatic rings. The summed E-state index contributed by atoms with van der Waals surface area (Å²) in [5, 5.41) is 3.30. The van der Waals surface area contributed by atoms with E-state index < -0.39 is 10.0 Å². The van der Waals surface area contributed by atoms with E-state index in [0.717, 1.165) is 16.9 Å². The maximum atomic E-state index is 12.3. The van der Waals surface area contributed by atoms with Crippen molar-refractivity contribution in [1.82, 2.24) is 10.0 Å². The van der Waals surface area contributed by atoms with E-state index in [4.69, 9.17) is 9.47 Å². The number of esters is 1. The highest BCUT2D eigenvalue weighted by molar-refractivity contribution is 7.89. The minimum atomic E-state index is -3.53. The fraction of sp³-hybridized carbons (Fsp3) is 0.381. The van der Waals surface area contributed by atoms with Crippen molar-refractivity contribution in [3.8, 4) is 5.75 Å². The van der Waals surface area contributed by atoms with Gasteiger partial charge in [-0.25, -0.2) is 13.1 Å². The zero-order chi connectivity index (χ0) is 21.3. The lowest BCUT2D eigenvalue weighted by Gasteiger charge is -2.18. The quantitative estimate of drug-likeness (QED) is 0.429. The minimum Gasteiger partial charge on any atom is -0.497 e. The maximum absolute atomic E-state index is 12.3. The van der Waals surface area contributed by atoms with Gasteiger partial charge in [0.1, 0.15) is 5.75 Å².